The number of hydrogen-bond acceptors (Lipinski definition) is 6. The van der Waals surface area contributed by atoms with E-state index in [-0.39, 0.29) is 0 Å². The molecule has 0 amide bonds. The van der Waals surface area contributed by atoms with Crippen molar-refractivity contribution in [2.45, 2.75) is 0 Å². The Morgan fingerprint density at radius 1 is 0.137 bits per heavy atom. The summed E-state index contributed by atoms with van der Waals surface area (Å²) in [6.07, 6.45) is 0. The molecule has 576 valence electrons. The van der Waals surface area contributed by atoms with Crippen molar-refractivity contribution in [1.29, 1.82) is 0 Å². The summed E-state index contributed by atoms with van der Waals surface area (Å²) < 4.78 is 49.9. The van der Waals surface area contributed by atoms with Gasteiger partial charge in [-0.25, -0.2) is 0 Å². The molecule has 10 nitrogen and oxygen atoms in total. The normalized spacial score (nSPS) is 12.4. The van der Waals surface area contributed by atoms with Crippen molar-refractivity contribution in [3.63, 3.8) is 0 Å². The molecule has 0 aliphatic heterocycles. The minimum Gasteiger partial charge on any atom is -0.456 e. The second-order valence-electron chi connectivity index (χ2n) is 32.8. The molecule has 10 aromatic heterocycles. The van der Waals surface area contributed by atoms with Crippen LogP contribution >= 0.6 is 0 Å². The van der Waals surface area contributed by atoms with Crippen molar-refractivity contribution in [2.24, 2.45) is 0 Å². The molecule has 0 aliphatic rings. The van der Waals surface area contributed by atoms with E-state index in [4.69, 9.17) is 26.5 Å². The molecule has 29 aromatic rings. The van der Waals surface area contributed by atoms with Gasteiger partial charge in [0.1, 0.15) is 67.0 Å². The first kappa shape index (κ1) is 67.1. The smallest absolute Gasteiger partial charge is 0.144 e. The molecule has 0 fully saturated rings. The lowest BCUT2D eigenvalue weighted by molar-refractivity contribution is 0.664. The maximum Gasteiger partial charge on any atom is 0.144 e. The molecule has 0 spiro atoms. The van der Waals surface area contributed by atoms with E-state index in [2.05, 4.69) is 407 Å². The molecule has 0 unspecified atom stereocenters. The molecule has 0 radical (unpaired) electrons. The minimum absolute atomic E-state index is 0.827. The van der Waals surface area contributed by atoms with Crippen LogP contribution in [0.5, 0.6) is 0 Å². The van der Waals surface area contributed by atoms with Crippen LogP contribution in [-0.2, 0) is 0 Å². The van der Waals surface area contributed by atoms with Gasteiger partial charge in [-0.2, -0.15) is 0 Å². The molecule has 0 bridgehead atoms. The van der Waals surface area contributed by atoms with Crippen LogP contribution in [0.4, 0.5) is 0 Å². The van der Waals surface area contributed by atoms with Crippen molar-refractivity contribution in [1.82, 2.24) is 18.3 Å². The second kappa shape index (κ2) is 25.4. The Morgan fingerprint density at radius 2 is 0.347 bits per heavy atom. The minimum atomic E-state index is 0.827. The van der Waals surface area contributed by atoms with Gasteiger partial charge in [0, 0.05) is 142 Å². The predicted octanol–water partition coefficient (Wildman–Crippen LogP) is 32.2. The molecule has 10 heterocycles. The molecule has 0 N–H and O–H groups in total. The Hall–Kier alpha value is -16.8. The Morgan fingerprint density at radius 3 is 0.613 bits per heavy atom. The fraction of sp³-hybridized carbons (Fsp3) is 0. The maximum atomic E-state index is 7.14. The van der Waals surface area contributed by atoms with Crippen molar-refractivity contribution in [3.05, 3.63) is 388 Å². The van der Waals surface area contributed by atoms with E-state index in [1.807, 2.05) is 0 Å². The van der Waals surface area contributed by atoms with Gasteiger partial charge >= 0.3 is 0 Å². The van der Waals surface area contributed by atoms with Gasteiger partial charge in [0.15, 0.2) is 0 Å². The number of aromatic nitrogens is 4. The van der Waals surface area contributed by atoms with Gasteiger partial charge in [-0.3, -0.25) is 0 Å². The number of nitrogens with zero attached hydrogens (tertiary/aromatic N) is 4. The third-order valence-corrected chi connectivity index (χ3v) is 26.2. The van der Waals surface area contributed by atoms with E-state index < -0.39 is 0 Å². The summed E-state index contributed by atoms with van der Waals surface area (Å²) in [5.41, 5.74) is 30.1. The van der Waals surface area contributed by atoms with Crippen LogP contribution in [0.25, 0.3) is 275 Å². The first-order valence-corrected chi connectivity index (χ1v) is 42.1. The molecule has 10 heteroatoms. The fourth-order valence-corrected chi connectivity index (χ4v) is 20.8. The fourth-order valence-electron chi connectivity index (χ4n) is 20.8. The van der Waals surface area contributed by atoms with Crippen LogP contribution in [0.2, 0.25) is 0 Å². The highest BCUT2D eigenvalue weighted by Crippen LogP contribution is 2.53. The van der Waals surface area contributed by atoms with Gasteiger partial charge in [-0.1, -0.05) is 218 Å². The van der Waals surface area contributed by atoms with E-state index in [1.54, 1.807) is 0 Å². The van der Waals surface area contributed by atoms with E-state index in [0.717, 1.165) is 188 Å². The van der Waals surface area contributed by atoms with E-state index >= 15 is 0 Å². The van der Waals surface area contributed by atoms with Crippen LogP contribution in [0, 0.1) is 0 Å². The first-order chi connectivity index (χ1) is 61.5. The average molecular weight is 1590 g/mol. The van der Waals surface area contributed by atoms with Crippen molar-refractivity contribution in [2.75, 3.05) is 0 Å². The SMILES string of the molecule is c1ccc(-c2c3oc4ccc(-n5c6ccccc6c6ccccc65)cc4c3c(-c3ccccc3)c3oc4ccc(-n5c6ccccc6c6ccccc65)cc4c23)cc1.c1ccc2c(c1)c1ccccc1n2-c1ccc2oc3cc4c(cc3c2c1)oc1ccc(-c2ccc3oc5cc6c(cc5c3c2)oc2ccc(-n3c5ccccc5c5ccccc53)cc26)cc14. The third kappa shape index (κ3) is 9.58. The van der Waals surface area contributed by atoms with E-state index in [0.29, 0.717) is 0 Å². The molecule has 0 saturated heterocycles. The zero-order valence-corrected chi connectivity index (χ0v) is 66.2. The standard InChI is InChI=1S/C60H32N2O4.C54H32N2O2/c1-5-13-49-37(9-1)38-10-2-6-14-50(38)61(49)35-19-23-55-43(27-35)47-31-57-45(29-59(47)65-55)41-25-33(17-21-53(41)63-57)34-18-22-54-42(26-34)46-30-60-48(32-58(46)64-54)44-28-36(20-24-56(44)66-60)62-51-15-7-3-11-39(51)40-12-4-8-16-52(40)62;1-3-15-33(16-4-1)49-51-41-31-35(55-43-23-11-7-19-37(43)38-20-8-12-24-44(38)55)27-29-47(41)58-54(51)50(34-17-5-2-6-18-34)52-42-32-36(28-30-48(42)57-53(49)52)56-45-25-13-9-21-39(45)40-22-10-14-26-46(40)56/h1-32H;1-32H. The first-order valence-electron chi connectivity index (χ1n) is 42.1. The van der Waals surface area contributed by atoms with Crippen molar-refractivity contribution in [3.8, 4) is 56.1 Å². The molecule has 29 rings (SSSR count). The number of para-hydroxylation sites is 8. The summed E-state index contributed by atoms with van der Waals surface area (Å²) in [5, 5.41) is 22.3. The summed E-state index contributed by atoms with van der Waals surface area (Å²) in [6.45, 7) is 0. The molecule has 19 aromatic carbocycles. The van der Waals surface area contributed by atoms with Crippen molar-refractivity contribution >= 4 is 219 Å². The largest absolute Gasteiger partial charge is 0.456 e. The Kier molecular flexibility index (Phi) is 13.7. The molecule has 0 aliphatic carbocycles. The van der Waals surface area contributed by atoms with E-state index in [1.165, 1.54) is 87.2 Å². The van der Waals surface area contributed by atoms with Gasteiger partial charge < -0.3 is 44.8 Å². The highest BCUT2D eigenvalue weighted by atomic mass is 16.4. The lowest BCUT2D eigenvalue weighted by Crippen LogP contribution is -1.93. The van der Waals surface area contributed by atoms with Crippen LogP contribution in [0.1, 0.15) is 0 Å². The summed E-state index contributed by atoms with van der Waals surface area (Å²) in [5.74, 6) is 0. The molecular formula is C114H64N4O6. The van der Waals surface area contributed by atoms with Crippen molar-refractivity contribution < 1.29 is 26.5 Å². The Labute approximate surface area is 703 Å². The number of benzene rings is 19. The predicted molar refractivity (Wildman–Crippen MR) is 510 cm³/mol. The van der Waals surface area contributed by atoms with Crippen LogP contribution in [-0.4, -0.2) is 18.3 Å². The van der Waals surface area contributed by atoms with Gasteiger partial charge in [0.05, 0.1) is 44.1 Å². The monoisotopic (exact) mass is 1580 g/mol. The highest BCUT2D eigenvalue weighted by molar-refractivity contribution is 6.31. The summed E-state index contributed by atoms with van der Waals surface area (Å²) >= 11 is 0. The van der Waals surface area contributed by atoms with Gasteiger partial charge in [0.25, 0.3) is 0 Å². The number of fused-ring (bicyclic) bond motifs is 30. The number of furan rings is 6. The zero-order chi connectivity index (χ0) is 80.7. The summed E-state index contributed by atoms with van der Waals surface area (Å²) in [6, 6.07) is 138. The topological polar surface area (TPSA) is 98.6 Å². The second-order valence-corrected chi connectivity index (χ2v) is 32.8. The number of hydrogen-bond donors (Lipinski definition) is 0. The van der Waals surface area contributed by atoms with Crippen LogP contribution in [0.15, 0.2) is 415 Å². The average Bonchev–Trinajstić information content (AvgIpc) is 1.53. The molecular weight excluding hydrogens is 1520 g/mol. The van der Waals surface area contributed by atoms with Gasteiger partial charge in [0.2, 0.25) is 0 Å². The third-order valence-electron chi connectivity index (χ3n) is 26.2. The Bertz CT molecular complexity index is 8900. The summed E-state index contributed by atoms with van der Waals surface area (Å²) in [7, 11) is 0. The maximum absolute atomic E-state index is 7.14. The number of rotatable bonds is 7. The molecule has 0 atom stereocenters. The molecule has 0 saturated carbocycles. The zero-order valence-electron chi connectivity index (χ0n) is 66.2. The summed E-state index contributed by atoms with van der Waals surface area (Å²) in [4.78, 5) is 0. The van der Waals surface area contributed by atoms with Crippen LogP contribution in [0.3, 0.4) is 0 Å². The van der Waals surface area contributed by atoms with Gasteiger partial charge in [-0.05, 0) is 192 Å². The van der Waals surface area contributed by atoms with E-state index in [9.17, 15) is 0 Å². The molecule has 124 heavy (non-hydrogen) atoms. The quantitative estimate of drug-likeness (QED) is 0.158. The van der Waals surface area contributed by atoms with Crippen LogP contribution < -0.4 is 0 Å². The highest BCUT2D eigenvalue weighted by Gasteiger charge is 2.30. The van der Waals surface area contributed by atoms with Gasteiger partial charge in [-0.15, -0.1) is 0 Å². The lowest BCUT2D eigenvalue weighted by atomic mass is 9.90. The Balaban J connectivity index is 0.000000128. The lowest BCUT2D eigenvalue weighted by Gasteiger charge is -2.12.